The van der Waals surface area contributed by atoms with Crippen LogP contribution in [0.2, 0.25) is 0 Å². The average Bonchev–Trinajstić information content (AvgIpc) is 1.81. The topological polar surface area (TPSA) is 43.1 Å². The molecular weight excluding hydrogens is 134 g/mol. The molecule has 0 spiro atoms. The van der Waals surface area contributed by atoms with Crippen LogP contribution in [0.3, 0.4) is 0 Å². The van der Waals surface area contributed by atoms with Crippen molar-refractivity contribution in [1.29, 1.82) is 0 Å². The van der Waals surface area contributed by atoms with E-state index >= 15 is 0 Å². The van der Waals surface area contributed by atoms with E-state index in [1.807, 2.05) is 0 Å². The third-order valence-corrected chi connectivity index (χ3v) is 3.99. The largest absolute Gasteiger partial charge is 0.330 e. The number of nitrogens with two attached hydrogens (primary N) is 1. The highest BCUT2D eigenvalue weighted by molar-refractivity contribution is 7.86. The minimum Gasteiger partial charge on any atom is -0.330 e. The lowest BCUT2D eigenvalue weighted by Crippen LogP contribution is -2.49. The van der Waals surface area contributed by atoms with Gasteiger partial charge in [-0.15, -0.1) is 0 Å². The summed E-state index contributed by atoms with van der Waals surface area (Å²) >= 11 is 0. The van der Waals surface area contributed by atoms with Gasteiger partial charge in [-0.05, 0) is 13.0 Å². The molecule has 0 radical (unpaired) electrons. The van der Waals surface area contributed by atoms with E-state index in [0.29, 0.717) is 6.54 Å². The second-order valence-electron chi connectivity index (χ2n) is 2.79. The van der Waals surface area contributed by atoms with Gasteiger partial charge < -0.3 is 5.73 Å². The SMILES string of the molecule is CCC1(CN)CS(=O)C1. The van der Waals surface area contributed by atoms with Gasteiger partial charge in [-0.1, -0.05) is 6.92 Å². The third kappa shape index (κ3) is 1.17. The van der Waals surface area contributed by atoms with E-state index in [2.05, 4.69) is 6.92 Å². The van der Waals surface area contributed by atoms with Crippen molar-refractivity contribution < 1.29 is 4.21 Å². The molecule has 0 aliphatic carbocycles. The molecule has 0 bridgehead atoms. The van der Waals surface area contributed by atoms with Crippen molar-refractivity contribution in [1.82, 2.24) is 0 Å². The fraction of sp³-hybridized carbons (Fsp3) is 1.00. The first kappa shape index (κ1) is 7.22. The minimum absolute atomic E-state index is 0.255. The zero-order valence-corrected chi connectivity index (χ0v) is 6.54. The molecule has 0 amide bonds. The maximum absolute atomic E-state index is 10.7. The predicted octanol–water partition coefficient (Wildman–Crippen LogP) is 0.104. The Morgan fingerprint density at radius 1 is 1.67 bits per heavy atom. The fourth-order valence-electron chi connectivity index (χ4n) is 1.11. The molecule has 0 aromatic rings. The molecule has 1 fully saturated rings. The van der Waals surface area contributed by atoms with Gasteiger partial charge in [-0.3, -0.25) is 4.21 Å². The van der Waals surface area contributed by atoms with Gasteiger partial charge in [0.25, 0.3) is 0 Å². The highest BCUT2D eigenvalue weighted by Crippen LogP contribution is 2.31. The van der Waals surface area contributed by atoms with Gasteiger partial charge in [-0.2, -0.15) is 0 Å². The van der Waals surface area contributed by atoms with E-state index in [0.717, 1.165) is 17.9 Å². The number of hydrogen-bond donors (Lipinski definition) is 1. The standard InChI is InChI=1S/C6H13NOS/c1-2-6(3-7)4-9(8)5-6/h2-5,7H2,1H3. The molecule has 1 aliphatic rings. The van der Waals surface area contributed by atoms with Gasteiger partial charge in [0.15, 0.2) is 0 Å². The van der Waals surface area contributed by atoms with E-state index in [4.69, 9.17) is 5.73 Å². The van der Waals surface area contributed by atoms with Crippen molar-refractivity contribution in [3.05, 3.63) is 0 Å². The smallest absolute Gasteiger partial charge is 0.0312 e. The van der Waals surface area contributed by atoms with Crippen molar-refractivity contribution in [3.8, 4) is 0 Å². The summed E-state index contributed by atoms with van der Waals surface area (Å²) < 4.78 is 10.7. The van der Waals surface area contributed by atoms with E-state index in [1.165, 1.54) is 0 Å². The van der Waals surface area contributed by atoms with Crippen molar-refractivity contribution >= 4 is 10.8 Å². The summed E-state index contributed by atoms with van der Waals surface area (Å²) in [4.78, 5) is 0. The van der Waals surface area contributed by atoms with Crippen LogP contribution in [-0.2, 0) is 10.8 Å². The lowest BCUT2D eigenvalue weighted by molar-refractivity contribution is 0.346. The molecule has 1 aliphatic heterocycles. The number of hydrogen-bond acceptors (Lipinski definition) is 2. The summed E-state index contributed by atoms with van der Waals surface area (Å²) in [5.74, 6) is 1.67. The van der Waals surface area contributed by atoms with Gasteiger partial charge >= 0.3 is 0 Å². The molecule has 54 valence electrons. The third-order valence-electron chi connectivity index (χ3n) is 2.12. The van der Waals surface area contributed by atoms with Crippen LogP contribution < -0.4 is 5.73 Å². The highest BCUT2D eigenvalue weighted by atomic mass is 32.2. The van der Waals surface area contributed by atoms with Gasteiger partial charge in [0.05, 0.1) is 0 Å². The Bertz CT molecular complexity index is 121. The van der Waals surface area contributed by atoms with Crippen molar-refractivity contribution in [2.45, 2.75) is 13.3 Å². The Morgan fingerprint density at radius 2 is 2.22 bits per heavy atom. The summed E-state index contributed by atoms with van der Waals surface area (Å²) in [5.41, 5.74) is 5.76. The van der Waals surface area contributed by atoms with Gasteiger partial charge in [0.1, 0.15) is 0 Å². The molecule has 0 atom stereocenters. The Morgan fingerprint density at radius 3 is 2.33 bits per heavy atom. The molecule has 1 heterocycles. The van der Waals surface area contributed by atoms with Crippen molar-refractivity contribution in [3.63, 3.8) is 0 Å². The highest BCUT2D eigenvalue weighted by Gasteiger charge is 2.39. The lowest BCUT2D eigenvalue weighted by atomic mass is 9.89. The van der Waals surface area contributed by atoms with E-state index in [1.54, 1.807) is 0 Å². The summed E-state index contributed by atoms with van der Waals surface area (Å²) in [6.45, 7) is 2.82. The normalized spacial score (nSPS) is 42.2. The van der Waals surface area contributed by atoms with E-state index in [-0.39, 0.29) is 5.41 Å². The predicted molar refractivity (Wildman–Crippen MR) is 39.7 cm³/mol. The molecular formula is C6H13NOS. The van der Waals surface area contributed by atoms with Crippen molar-refractivity contribution in [2.24, 2.45) is 11.1 Å². The molecule has 2 N–H and O–H groups in total. The maximum Gasteiger partial charge on any atom is 0.0312 e. The molecule has 2 nitrogen and oxygen atoms in total. The summed E-state index contributed by atoms with van der Waals surface area (Å²) in [6, 6.07) is 0. The molecule has 1 saturated heterocycles. The van der Waals surface area contributed by atoms with Gasteiger partial charge in [0.2, 0.25) is 0 Å². The summed E-state index contributed by atoms with van der Waals surface area (Å²) in [5, 5.41) is 0. The Kier molecular flexibility index (Phi) is 1.91. The van der Waals surface area contributed by atoms with Crippen LogP contribution in [0, 0.1) is 5.41 Å². The molecule has 9 heavy (non-hydrogen) atoms. The molecule has 3 heteroatoms. The van der Waals surface area contributed by atoms with Crippen LogP contribution in [0.25, 0.3) is 0 Å². The van der Waals surface area contributed by atoms with Crippen LogP contribution in [-0.4, -0.2) is 22.3 Å². The van der Waals surface area contributed by atoms with Gasteiger partial charge in [0, 0.05) is 27.7 Å². The zero-order chi connectivity index (χ0) is 6.91. The Hall–Kier alpha value is 0.110. The molecule has 1 rings (SSSR count). The fourth-order valence-corrected chi connectivity index (χ4v) is 3.03. The summed E-state index contributed by atoms with van der Waals surface area (Å²) in [6.07, 6.45) is 1.08. The zero-order valence-electron chi connectivity index (χ0n) is 5.72. The lowest BCUT2D eigenvalue weighted by Gasteiger charge is -2.38. The van der Waals surface area contributed by atoms with E-state index < -0.39 is 10.8 Å². The average molecular weight is 147 g/mol. The molecule has 0 aromatic heterocycles. The van der Waals surface area contributed by atoms with Gasteiger partial charge in [-0.25, -0.2) is 0 Å². The summed E-state index contributed by atoms with van der Waals surface area (Å²) in [7, 11) is -0.541. The molecule has 0 saturated carbocycles. The molecule has 0 aromatic carbocycles. The van der Waals surface area contributed by atoms with Crippen LogP contribution in [0.15, 0.2) is 0 Å². The first-order chi connectivity index (χ1) is 4.22. The minimum atomic E-state index is -0.541. The first-order valence-electron chi connectivity index (χ1n) is 3.27. The monoisotopic (exact) mass is 147 g/mol. The Labute approximate surface area is 58.3 Å². The second kappa shape index (κ2) is 2.39. The number of rotatable bonds is 2. The van der Waals surface area contributed by atoms with E-state index in [9.17, 15) is 4.21 Å². The van der Waals surface area contributed by atoms with Crippen LogP contribution >= 0.6 is 0 Å². The second-order valence-corrected chi connectivity index (χ2v) is 4.24. The first-order valence-corrected chi connectivity index (χ1v) is 4.76. The van der Waals surface area contributed by atoms with Crippen molar-refractivity contribution in [2.75, 3.05) is 18.1 Å². The maximum atomic E-state index is 10.7. The quantitative estimate of drug-likeness (QED) is 0.602. The van der Waals surface area contributed by atoms with Crippen LogP contribution in [0.5, 0.6) is 0 Å². The van der Waals surface area contributed by atoms with Crippen LogP contribution in [0.1, 0.15) is 13.3 Å². The van der Waals surface area contributed by atoms with Crippen LogP contribution in [0.4, 0.5) is 0 Å². The Balaban J connectivity index is 2.44. The molecule has 0 unspecified atom stereocenters.